The van der Waals surface area contributed by atoms with E-state index in [1.807, 2.05) is 12.1 Å². The number of hydrogen-bond acceptors (Lipinski definition) is 2. The van der Waals surface area contributed by atoms with Crippen molar-refractivity contribution in [1.82, 2.24) is 5.32 Å². The maximum Gasteiger partial charge on any atom is 0.0991 e. The molecule has 1 aliphatic carbocycles. The zero-order valence-electron chi connectivity index (χ0n) is 11.4. The Morgan fingerprint density at radius 3 is 2.61 bits per heavy atom. The molecule has 1 aromatic carbocycles. The van der Waals surface area contributed by atoms with Crippen LogP contribution in [0.3, 0.4) is 0 Å². The van der Waals surface area contributed by atoms with Crippen LogP contribution in [0.5, 0.6) is 0 Å². The van der Waals surface area contributed by atoms with Crippen LogP contribution in [-0.2, 0) is 6.54 Å². The molecule has 1 aliphatic rings. The summed E-state index contributed by atoms with van der Waals surface area (Å²) >= 11 is 0. The van der Waals surface area contributed by atoms with Crippen LogP contribution in [0.15, 0.2) is 18.2 Å². The second-order valence-corrected chi connectivity index (χ2v) is 5.59. The lowest BCUT2D eigenvalue weighted by Crippen LogP contribution is -2.32. The summed E-state index contributed by atoms with van der Waals surface area (Å²) in [5.74, 6) is 0.902. The van der Waals surface area contributed by atoms with Crippen molar-refractivity contribution in [2.45, 2.75) is 52.1 Å². The summed E-state index contributed by atoms with van der Waals surface area (Å²) in [7, 11) is 0. The number of nitriles is 1. The average Bonchev–Trinajstić information content (AvgIpc) is 2.39. The van der Waals surface area contributed by atoms with E-state index in [9.17, 15) is 0 Å². The Labute approximate surface area is 110 Å². The molecule has 1 saturated carbocycles. The van der Waals surface area contributed by atoms with E-state index in [-0.39, 0.29) is 0 Å². The van der Waals surface area contributed by atoms with Gasteiger partial charge in [0.25, 0.3) is 0 Å². The highest BCUT2D eigenvalue weighted by atomic mass is 14.9. The summed E-state index contributed by atoms with van der Waals surface area (Å²) in [6, 6.07) is 8.82. The number of nitrogens with zero attached hydrogens (tertiary/aromatic N) is 1. The van der Waals surface area contributed by atoms with Gasteiger partial charge < -0.3 is 5.32 Å². The molecular weight excluding hydrogens is 220 g/mol. The summed E-state index contributed by atoms with van der Waals surface area (Å²) in [6.45, 7) is 5.36. The van der Waals surface area contributed by atoms with Gasteiger partial charge in [-0.25, -0.2) is 0 Å². The second kappa shape index (κ2) is 6.02. The largest absolute Gasteiger partial charge is 0.310 e. The Hall–Kier alpha value is -1.33. The first-order valence-electron chi connectivity index (χ1n) is 6.92. The molecule has 1 fully saturated rings. The van der Waals surface area contributed by atoms with Crippen molar-refractivity contribution in [3.05, 3.63) is 34.9 Å². The molecule has 96 valence electrons. The van der Waals surface area contributed by atoms with Crippen molar-refractivity contribution in [3.8, 4) is 6.07 Å². The highest BCUT2D eigenvalue weighted by molar-refractivity contribution is 5.37. The molecule has 1 aromatic rings. The molecule has 0 aliphatic heterocycles. The quantitative estimate of drug-likeness (QED) is 0.880. The topological polar surface area (TPSA) is 35.8 Å². The Balaban J connectivity index is 1.89. The molecule has 0 saturated heterocycles. The minimum absolute atomic E-state index is 0.677. The third-order valence-electron chi connectivity index (χ3n) is 4.07. The smallest absolute Gasteiger partial charge is 0.0991 e. The molecule has 1 N–H and O–H groups in total. The lowest BCUT2D eigenvalue weighted by Gasteiger charge is -2.27. The van der Waals surface area contributed by atoms with E-state index < -0.39 is 0 Å². The van der Waals surface area contributed by atoms with Gasteiger partial charge in [0.2, 0.25) is 0 Å². The van der Waals surface area contributed by atoms with E-state index in [2.05, 4.69) is 31.3 Å². The van der Waals surface area contributed by atoms with Gasteiger partial charge in [0.1, 0.15) is 0 Å². The fourth-order valence-corrected chi connectivity index (χ4v) is 2.68. The van der Waals surface area contributed by atoms with Crippen molar-refractivity contribution in [3.63, 3.8) is 0 Å². The lowest BCUT2D eigenvalue weighted by atomic mass is 9.87. The predicted molar refractivity (Wildman–Crippen MR) is 74.2 cm³/mol. The average molecular weight is 242 g/mol. The Morgan fingerprint density at radius 1 is 1.28 bits per heavy atom. The van der Waals surface area contributed by atoms with Crippen LogP contribution in [0.4, 0.5) is 0 Å². The Kier molecular flexibility index (Phi) is 4.38. The van der Waals surface area contributed by atoms with Gasteiger partial charge in [-0.05, 0) is 61.8 Å². The SMILES string of the molecule is Cc1cc(C#N)ccc1CNC1CCC(C)CC1. The van der Waals surface area contributed by atoms with Gasteiger partial charge >= 0.3 is 0 Å². The van der Waals surface area contributed by atoms with Crippen molar-refractivity contribution in [2.24, 2.45) is 5.92 Å². The van der Waals surface area contributed by atoms with E-state index in [1.54, 1.807) is 0 Å². The maximum absolute atomic E-state index is 8.85. The van der Waals surface area contributed by atoms with E-state index in [0.717, 1.165) is 18.0 Å². The Morgan fingerprint density at radius 2 is 2.00 bits per heavy atom. The first-order chi connectivity index (χ1) is 8.69. The number of aryl methyl sites for hydroxylation is 1. The van der Waals surface area contributed by atoms with E-state index in [1.165, 1.54) is 36.8 Å². The molecule has 0 heterocycles. The summed E-state index contributed by atoms with van der Waals surface area (Å²) in [4.78, 5) is 0. The molecule has 0 aromatic heterocycles. The van der Waals surface area contributed by atoms with Gasteiger partial charge in [0.05, 0.1) is 11.6 Å². The zero-order valence-corrected chi connectivity index (χ0v) is 11.4. The fourth-order valence-electron chi connectivity index (χ4n) is 2.68. The molecule has 0 unspecified atom stereocenters. The zero-order chi connectivity index (χ0) is 13.0. The van der Waals surface area contributed by atoms with Crippen LogP contribution in [0.2, 0.25) is 0 Å². The van der Waals surface area contributed by atoms with Crippen molar-refractivity contribution in [1.29, 1.82) is 5.26 Å². The van der Waals surface area contributed by atoms with Gasteiger partial charge in [-0.2, -0.15) is 5.26 Å². The number of benzene rings is 1. The van der Waals surface area contributed by atoms with Crippen LogP contribution < -0.4 is 5.32 Å². The summed E-state index contributed by atoms with van der Waals surface area (Å²) in [5, 5.41) is 12.5. The first-order valence-corrected chi connectivity index (χ1v) is 6.92. The number of hydrogen-bond donors (Lipinski definition) is 1. The molecule has 0 spiro atoms. The highest BCUT2D eigenvalue weighted by Gasteiger charge is 2.17. The summed E-state index contributed by atoms with van der Waals surface area (Å²) in [6.07, 6.45) is 5.31. The molecule has 0 amide bonds. The van der Waals surface area contributed by atoms with Crippen LogP contribution in [0.25, 0.3) is 0 Å². The minimum atomic E-state index is 0.677. The second-order valence-electron chi connectivity index (χ2n) is 5.59. The van der Waals surface area contributed by atoms with Crippen LogP contribution >= 0.6 is 0 Å². The fraction of sp³-hybridized carbons (Fsp3) is 0.562. The van der Waals surface area contributed by atoms with Crippen LogP contribution in [0, 0.1) is 24.2 Å². The predicted octanol–water partition coefficient (Wildman–Crippen LogP) is 3.54. The van der Waals surface area contributed by atoms with Gasteiger partial charge in [-0.3, -0.25) is 0 Å². The third kappa shape index (κ3) is 3.34. The monoisotopic (exact) mass is 242 g/mol. The molecule has 18 heavy (non-hydrogen) atoms. The van der Waals surface area contributed by atoms with Crippen LogP contribution in [-0.4, -0.2) is 6.04 Å². The van der Waals surface area contributed by atoms with Crippen LogP contribution in [0.1, 0.15) is 49.3 Å². The van der Waals surface area contributed by atoms with Gasteiger partial charge in [0.15, 0.2) is 0 Å². The van der Waals surface area contributed by atoms with Crippen molar-refractivity contribution in [2.75, 3.05) is 0 Å². The van der Waals surface area contributed by atoms with Gasteiger partial charge in [0, 0.05) is 12.6 Å². The summed E-state index contributed by atoms with van der Waals surface area (Å²) < 4.78 is 0. The molecule has 2 nitrogen and oxygen atoms in total. The van der Waals surface area contributed by atoms with Gasteiger partial charge in [-0.15, -0.1) is 0 Å². The maximum atomic E-state index is 8.85. The summed E-state index contributed by atoms with van der Waals surface area (Å²) in [5.41, 5.74) is 3.28. The standard InChI is InChI=1S/C16H22N2/c1-12-3-7-16(8-4-12)18-11-15-6-5-14(10-17)9-13(15)2/h5-6,9,12,16,18H,3-4,7-8,11H2,1-2H3. The van der Waals surface area contributed by atoms with Crippen molar-refractivity contribution >= 4 is 0 Å². The molecule has 0 atom stereocenters. The molecular formula is C16H22N2. The first kappa shape index (κ1) is 13.1. The normalized spacial score (nSPS) is 23.6. The molecule has 0 radical (unpaired) electrons. The van der Waals surface area contributed by atoms with E-state index in [4.69, 9.17) is 5.26 Å². The highest BCUT2D eigenvalue weighted by Crippen LogP contribution is 2.23. The minimum Gasteiger partial charge on any atom is -0.310 e. The van der Waals surface area contributed by atoms with E-state index >= 15 is 0 Å². The van der Waals surface area contributed by atoms with Crippen molar-refractivity contribution < 1.29 is 0 Å². The Bertz CT molecular complexity index is 437. The lowest BCUT2D eigenvalue weighted by molar-refractivity contribution is 0.306. The molecule has 2 heteroatoms. The number of rotatable bonds is 3. The van der Waals surface area contributed by atoms with E-state index in [0.29, 0.717) is 6.04 Å². The molecule has 0 bridgehead atoms. The molecule has 2 rings (SSSR count). The van der Waals surface area contributed by atoms with Gasteiger partial charge in [-0.1, -0.05) is 13.0 Å². The third-order valence-corrected chi connectivity index (χ3v) is 4.07. The number of nitrogens with one attached hydrogen (secondary N) is 1.